The minimum absolute atomic E-state index is 0.00319. The van der Waals surface area contributed by atoms with Gasteiger partial charge in [0.15, 0.2) is 0 Å². The first-order valence-electron chi connectivity index (χ1n) is 6.19. The molecule has 0 radical (unpaired) electrons. The summed E-state index contributed by atoms with van der Waals surface area (Å²) in [6.45, 7) is 7.10. The van der Waals surface area contributed by atoms with Crippen LogP contribution in [-0.4, -0.2) is 45.4 Å². The molecule has 18 heavy (non-hydrogen) atoms. The van der Waals surface area contributed by atoms with E-state index in [0.29, 0.717) is 25.2 Å². The van der Waals surface area contributed by atoms with Crippen molar-refractivity contribution in [3.63, 3.8) is 0 Å². The summed E-state index contributed by atoms with van der Waals surface area (Å²) in [4.78, 5) is 13.8. The van der Waals surface area contributed by atoms with E-state index < -0.39 is 0 Å². The predicted molar refractivity (Wildman–Crippen MR) is 70.1 cm³/mol. The Morgan fingerprint density at radius 1 is 1.50 bits per heavy atom. The SMILES string of the molecule is CCN(CCCO)C(=O)Cn1nc(C)c(N)c1C. The van der Waals surface area contributed by atoms with Crippen LogP contribution in [0.25, 0.3) is 0 Å². The highest BCUT2D eigenvalue weighted by Crippen LogP contribution is 2.14. The third-order valence-electron chi connectivity index (χ3n) is 3.04. The highest BCUT2D eigenvalue weighted by Gasteiger charge is 2.15. The highest BCUT2D eigenvalue weighted by atomic mass is 16.3. The Bertz CT molecular complexity index is 414. The molecular formula is C12H22N4O2. The fraction of sp³-hybridized carbons (Fsp3) is 0.667. The summed E-state index contributed by atoms with van der Waals surface area (Å²) < 4.78 is 1.63. The first kappa shape index (κ1) is 14.5. The lowest BCUT2D eigenvalue weighted by Gasteiger charge is -2.20. The minimum Gasteiger partial charge on any atom is -0.396 e. The van der Waals surface area contributed by atoms with E-state index in [0.717, 1.165) is 11.4 Å². The lowest BCUT2D eigenvalue weighted by atomic mass is 10.3. The Morgan fingerprint density at radius 2 is 2.17 bits per heavy atom. The predicted octanol–water partition coefficient (Wildman–Crippen LogP) is 0.313. The number of carbonyl (C=O) groups excluding carboxylic acids is 1. The highest BCUT2D eigenvalue weighted by molar-refractivity contribution is 5.76. The van der Waals surface area contributed by atoms with Crippen LogP contribution in [0.3, 0.4) is 0 Å². The van der Waals surface area contributed by atoms with E-state index in [4.69, 9.17) is 10.8 Å². The van der Waals surface area contributed by atoms with Crippen LogP contribution in [0, 0.1) is 13.8 Å². The van der Waals surface area contributed by atoms with Gasteiger partial charge in [-0.1, -0.05) is 0 Å². The fourth-order valence-corrected chi connectivity index (χ4v) is 1.81. The number of aliphatic hydroxyl groups excluding tert-OH is 1. The number of amides is 1. The Hall–Kier alpha value is -1.56. The summed E-state index contributed by atoms with van der Waals surface area (Å²) in [7, 11) is 0. The van der Waals surface area contributed by atoms with Crippen molar-refractivity contribution in [1.82, 2.24) is 14.7 Å². The number of hydrogen-bond acceptors (Lipinski definition) is 4. The molecule has 1 rings (SSSR count). The minimum atomic E-state index is -0.00319. The molecule has 0 saturated heterocycles. The Labute approximate surface area is 107 Å². The molecule has 1 amide bonds. The fourth-order valence-electron chi connectivity index (χ4n) is 1.81. The molecule has 6 nitrogen and oxygen atoms in total. The number of nitrogens with two attached hydrogens (primary N) is 1. The monoisotopic (exact) mass is 254 g/mol. The first-order chi connectivity index (χ1) is 8.51. The van der Waals surface area contributed by atoms with E-state index in [1.54, 1.807) is 9.58 Å². The van der Waals surface area contributed by atoms with Gasteiger partial charge in [0.05, 0.1) is 17.1 Å². The van der Waals surface area contributed by atoms with Crippen molar-refractivity contribution in [2.24, 2.45) is 0 Å². The van der Waals surface area contributed by atoms with E-state index in [-0.39, 0.29) is 19.1 Å². The Morgan fingerprint density at radius 3 is 2.61 bits per heavy atom. The van der Waals surface area contributed by atoms with Gasteiger partial charge in [-0.05, 0) is 27.2 Å². The molecule has 0 unspecified atom stereocenters. The molecule has 0 saturated carbocycles. The second kappa shape index (κ2) is 6.39. The van der Waals surface area contributed by atoms with Gasteiger partial charge in [0.1, 0.15) is 6.54 Å². The zero-order valence-electron chi connectivity index (χ0n) is 11.3. The normalized spacial score (nSPS) is 10.7. The molecule has 102 valence electrons. The zero-order chi connectivity index (χ0) is 13.7. The molecular weight excluding hydrogens is 232 g/mol. The number of rotatable bonds is 6. The number of likely N-dealkylation sites (N-methyl/N-ethyl adjacent to an activating group) is 1. The van der Waals surface area contributed by atoms with E-state index >= 15 is 0 Å². The second-order valence-electron chi connectivity index (χ2n) is 4.29. The standard InChI is InChI=1S/C12H22N4O2/c1-4-15(6-5-7-17)11(18)8-16-10(3)12(13)9(2)14-16/h17H,4-8,13H2,1-3H3. The number of anilines is 1. The Kier molecular flexibility index (Phi) is 5.15. The molecule has 0 fully saturated rings. The van der Waals surface area contributed by atoms with Gasteiger partial charge in [0, 0.05) is 19.7 Å². The summed E-state index contributed by atoms with van der Waals surface area (Å²) in [5, 5.41) is 13.0. The molecule has 1 aromatic heterocycles. The summed E-state index contributed by atoms with van der Waals surface area (Å²) in [5.41, 5.74) is 8.03. The first-order valence-corrected chi connectivity index (χ1v) is 6.19. The summed E-state index contributed by atoms with van der Waals surface area (Å²) >= 11 is 0. The maximum Gasteiger partial charge on any atom is 0.244 e. The Balaban J connectivity index is 2.70. The van der Waals surface area contributed by atoms with Crippen molar-refractivity contribution < 1.29 is 9.90 Å². The van der Waals surface area contributed by atoms with Gasteiger partial charge in [0.2, 0.25) is 5.91 Å². The van der Waals surface area contributed by atoms with Crippen LogP contribution in [-0.2, 0) is 11.3 Å². The average Bonchev–Trinajstić information content (AvgIpc) is 2.58. The molecule has 0 atom stereocenters. The van der Waals surface area contributed by atoms with Crippen LogP contribution in [0.4, 0.5) is 5.69 Å². The second-order valence-corrected chi connectivity index (χ2v) is 4.29. The number of aryl methyl sites for hydroxylation is 1. The van der Waals surface area contributed by atoms with Crippen LogP contribution in [0.5, 0.6) is 0 Å². The summed E-state index contributed by atoms with van der Waals surface area (Å²) in [6, 6.07) is 0. The third kappa shape index (κ3) is 3.22. The van der Waals surface area contributed by atoms with Crippen LogP contribution in [0.2, 0.25) is 0 Å². The lowest BCUT2D eigenvalue weighted by molar-refractivity contribution is -0.132. The number of hydrogen-bond donors (Lipinski definition) is 2. The molecule has 1 heterocycles. The molecule has 0 aliphatic rings. The van der Waals surface area contributed by atoms with Gasteiger partial charge >= 0.3 is 0 Å². The molecule has 1 aromatic rings. The van der Waals surface area contributed by atoms with Crippen LogP contribution >= 0.6 is 0 Å². The number of carbonyl (C=O) groups is 1. The molecule has 0 aliphatic carbocycles. The summed E-state index contributed by atoms with van der Waals surface area (Å²) in [6.07, 6.45) is 0.596. The third-order valence-corrected chi connectivity index (χ3v) is 3.04. The average molecular weight is 254 g/mol. The van der Waals surface area contributed by atoms with Crippen LogP contribution in [0.15, 0.2) is 0 Å². The summed E-state index contributed by atoms with van der Waals surface area (Å²) in [5.74, 6) is -0.00319. The van der Waals surface area contributed by atoms with E-state index in [2.05, 4.69) is 5.10 Å². The van der Waals surface area contributed by atoms with Crippen molar-refractivity contribution in [2.45, 2.75) is 33.7 Å². The van der Waals surface area contributed by atoms with Crippen molar-refractivity contribution in [1.29, 1.82) is 0 Å². The number of aliphatic hydroxyl groups is 1. The molecule has 0 spiro atoms. The van der Waals surface area contributed by atoms with Gasteiger partial charge in [-0.15, -0.1) is 0 Å². The smallest absolute Gasteiger partial charge is 0.244 e. The largest absolute Gasteiger partial charge is 0.396 e. The van der Waals surface area contributed by atoms with Crippen molar-refractivity contribution >= 4 is 11.6 Å². The number of nitrogens with zero attached hydrogens (tertiary/aromatic N) is 3. The van der Waals surface area contributed by atoms with Gasteiger partial charge in [-0.3, -0.25) is 9.48 Å². The quantitative estimate of drug-likeness (QED) is 0.765. The van der Waals surface area contributed by atoms with Gasteiger partial charge in [0.25, 0.3) is 0 Å². The van der Waals surface area contributed by atoms with Gasteiger partial charge in [-0.25, -0.2) is 0 Å². The molecule has 0 aliphatic heterocycles. The van der Waals surface area contributed by atoms with Gasteiger partial charge in [-0.2, -0.15) is 5.10 Å². The van der Waals surface area contributed by atoms with E-state index in [9.17, 15) is 4.79 Å². The van der Waals surface area contributed by atoms with Crippen molar-refractivity contribution in [2.75, 3.05) is 25.4 Å². The maximum absolute atomic E-state index is 12.1. The van der Waals surface area contributed by atoms with Gasteiger partial charge < -0.3 is 15.7 Å². The maximum atomic E-state index is 12.1. The van der Waals surface area contributed by atoms with Crippen LogP contribution < -0.4 is 5.73 Å². The number of nitrogen functional groups attached to an aromatic ring is 1. The van der Waals surface area contributed by atoms with Crippen molar-refractivity contribution in [3.05, 3.63) is 11.4 Å². The van der Waals surface area contributed by atoms with E-state index in [1.165, 1.54) is 0 Å². The molecule has 0 aromatic carbocycles. The molecule has 3 N–H and O–H groups in total. The molecule has 6 heteroatoms. The van der Waals surface area contributed by atoms with Crippen LogP contribution in [0.1, 0.15) is 24.7 Å². The topological polar surface area (TPSA) is 84.4 Å². The zero-order valence-corrected chi connectivity index (χ0v) is 11.3. The molecule has 0 bridgehead atoms. The lowest BCUT2D eigenvalue weighted by Crippen LogP contribution is -2.35. The van der Waals surface area contributed by atoms with E-state index in [1.807, 2.05) is 20.8 Å². The van der Waals surface area contributed by atoms with Crippen molar-refractivity contribution in [3.8, 4) is 0 Å². The number of aromatic nitrogens is 2.